The van der Waals surface area contributed by atoms with Crippen LogP contribution in [-0.2, 0) is 6.54 Å². The Balaban J connectivity index is 1.70. The van der Waals surface area contributed by atoms with Gasteiger partial charge in [0.15, 0.2) is 5.82 Å². The van der Waals surface area contributed by atoms with E-state index in [9.17, 15) is 0 Å². The van der Waals surface area contributed by atoms with E-state index in [2.05, 4.69) is 5.32 Å². The van der Waals surface area contributed by atoms with Gasteiger partial charge in [-0.3, -0.25) is 0 Å². The number of nitrogens with one attached hydrogen (secondary N) is 1. The van der Waals surface area contributed by atoms with Gasteiger partial charge < -0.3 is 14.8 Å². The summed E-state index contributed by atoms with van der Waals surface area (Å²) in [4.78, 5) is 9.51. The third-order valence-corrected chi connectivity index (χ3v) is 4.51. The van der Waals surface area contributed by atoms with Crippen molar-refractivity contribution in [3.63, 3.8) is 0 Å². The fraction of sp³-hybridized carbons (Fsp3) is 0.130. The predicted octanol–water partition coefficient (Wildman–Crippen LogP) is 4.93. The number of rotatable bonds is 6. The summed E-state index contributed by atoms with van der Waals surface area (Å²) in [5, 5.41) is 4.44. The first-order valence-corrected chi connectivity index (χ1v) is 9.05. The minimum atomic E-state index is 0.586. The van der Waals surface area contributed by atoms with Gasteiger partial charge in [-0.05, 0) is 29.8 Å². The van der Waals surface area contributed by atoms with Crippen molar-refractivity contribution in [3.05, 3.63) is 78.4 Å². The van der Waals surface area contributed by atoms with Gasteiger partial charge in [0, 0.05) is 23.6 Å². The summed E-state index contributed by atoms with van der Waals surface area (Å²) >= 11 is 0. The third kappa shape index (κ3) is 3.74. The molecule has 0 atom stereocenters. The van der Waals surface area contributed by atoms with Gasteiger partial charge in [-0.2, -0.15) is 0 Å². The second kappa shape index (κ2) is 7.96. The molecule has 0 aliphatic carbocycles. The number of fused-ring (bicyclic) bond motifs is 1. The van der Waals surface area contributed by atoms with E-state index in [1.165, 1.54) is 0 Å². The number of hydrogen-bond acceptors (Lipinski definition) is 5. The molecule has 0 amide bonds. The van der Waals surface area contributed by atoms with Gasteiger partial charge >= 0.3 is 0 Å². The first-order chi connectivity index (χ1) is 13.8. The average Bonchev–Trinajstić information content (AvgIpc) is 2.77. The molecule has 5 heteroatoms. The summed E-state index contributed by atoms with van der Waals surface area (Å²) in [5.74, 6) is 3.01. The van der Waals surface area contributed by atoms with Crippen molar-refractivity contribution in [2.45, 2.75) is 6.54 Å². The number of ether oxygens (including phenoxy) is 2. The molecule has 140 valence electrons. The van der Waals surface area contributed by atoms with Crippen molar-refractivity contribution in [1.82, 2.24) is 9.97 Å². The largest absolute Gasteiger partial charge is 0.497 e. The van der Waals surface area contributed by atoms with Crippen LogP contribution in [0.3, 0.4) is 0 Å². The molecular weight excluding hydrogens is 350 g/mol. The molecule has 28 heavy (non-hydrogen) atoms. The lowest BCUT2D eigenvalue weighted by atomic mass is 10.1. The lowest BCUT2D eigenvalue weighted by Gasteiger charge is -2.13. The Morgan fingerprint density at radius 3 is 2.18 bits per heavy atom. The molecule has 0 fully saturated rings. The van der Waals surface area contributed by atoms with Crippen LogP contribution in [0.15, 0.2) is 72.8 Å². The normalized spacial score (nSPS) is 10.6. The van der Waals surface area contributed by atoms with E-state index in [4.69, 9.17) is 19.4 Å². The quantitative estimate of drug-likeness (QED) is 0.521. The minimum absolute atomic E-state index is 0.586. The zero-order valence-electron chi connectivity index (χ0n) is 15.8. The van der Waals surface area contributed by atoms with E-state index in [0.29, 0.717) is 12.4 Å². The number of para-hydroxylation sites is 1. The van der Waals surface area contributed by atoms with E-state index >= 15 is 0 Å². The summed E-state index contributed by atoms with van der Waals surface area (Å²) in [6.45, 7) is 0.586. The predicted molar refractivity (Wildman–Crippen MR) is 112 cm³/mol. The molecule has 0 unspecified atom stereocenters. The van der Waals surface area contributed by atoms with Crippen molar-refractivity contribution in [1.29, 1.82) is 0 Å². The third-order valence-electron chi connectivity index (χ3n) is 4.51. The van der Waals surface area contributed by atoms with Gasteiger partial charge in [-0.25, -0.2) is 9.97 Å². The van der Waals surface area contributed by atoms with Gasteiger partial charge in [0.05, 0.1) is 19.7 Å². The second-order valence-electron chi connectivity index (χ2n) is 6.35. The lowest BCUT2D eigenvalue weighted by Crippen LogP contribution is -2.05. The molecule has 1 heterocycles. The molecule has 1 N–H and O–H groups in total. The summed E-state index contributed by atoms with van der Waals surface area (Å²) in [5.41, 5.74) is 2.93. The Labute approximate surface area is 164 Å². The summed E-state index contributed by atoms with van der Waals surface area (Å²) in [7, 11) is 3.30. The van der Waals surface area contributed by atoms with Crippen LogP contribution in [0.2, 0.25) is 0 Å². The SMILES string of the molecule is COc1cc(CNc2nc(-c3ccccc3)nc3ccccc23)cc(OC)c1. The number of hydrogen-bond donors (Lipinski definition) is 1. The Hall–Kier alpha value is -3.60. The summed E-state index contributed by atoms with van der Waals surface area (Å²) in [6, 6.07) is 23.8. The molecule has 0 saturated heterocycles. The maximum Gasteiger partial charge on any atom is 0.162 e. The topological polar surface area (TPSA) is 56.3 Å². The minimum Gasteiger partial charge on any atom is -0.497 e. The number of anilines is 1. The van der Waals surface area contributed by atoms with E-state index in [1.807, 2.05) is 72.8 Å². The van der Waals surface area contributed by atoms with Crippen LogP contribution >= 0.6 is 0 Å². The Kier molecular flexibility index (Phi) is 5.06. The molecule has 4 aromatic rings. The lowest BCUT2D eigenvalue weighted by molar-refractivity contribution is 0.393. The number of nitrogens with zero attached hydrogens (tertiary/aromatic N) is 2. The van der Waals surface area contributed by atoms with Gasteiger partial charge in [0.1, 0.15) is 17.3 Å². The van der Waals surface area contributed by atoms with E-state index in [0.717, 1.165) is 39.3 Å². The number of methoxy groups -OCH3 is 2. The molecule has 0 bridgehead atoms. The molecule has 1 aromatic heterocycles. The highest BCUT2D eigenvalue weighted by molar-refractivity contribution is 5.90. The van der Waals surface area contributed by atoms with Crippen LogP contribution in [0.1, 0.15) is 5.56 Å². The van der Waals surface area contributed by atoms with Gasteiger partial charge in [0.25, 0.3) is 0 Å². The molecule has 0 aliphatic heterocycles. The van der Waals surface area contributed by atoms with Crippen molar-refractivity contribution in [2.24, 2.45) is 0 Å². The van der Waals surface area contributed by atoms with Crippen LogP contribution in [0.5, 0.6) is 11.5 Å². The molecule has 3 aromatic carbocycles. The van der Waals surface area contributed by atoms with Crippen molar-refractivity contribution in [3.8, 4) is 22.9 Å². The van der Waals surface area contributed by atoms with Crippen LogP contribution in [0.4, 0.5) is 5.82 Å². The van der Waals surface area contributed by atoms with Crippen LogP contribution in [0, 0.1) is 0 Å². The average molecular weight is 371 g/mol. The molecule has 5 nitrogen and oxygen atoms in total. The highest BCUT2D eigenvalue weighted by Gasteiger charge is 2.10. The molecular formula is C23H21N3O2. The summed E-state index contributed by atoms with van der Waals surface area (Å²) in [6.07, 6.45) is 0. The Morgan fingerprint density at radius 1 is 0.786 bits per heavy atom. The molecule has 0 radical (unpaired) electrons. The Morgan fingerprint density at radius 2 is 1.46 bits per heavy atom. The van der Waals surface area contributed by atoms with Crippen LogP contribution < -0.4 is 14.8 Å². The molecule has 0 saturated carbocycles. The van der Waals surface area contributed by atoms with Crippen LogP contribution in [-0.4, -0.2) is 24.2 Å². The second-order valence-corrected chi connectivity index (χ2v) is 6.35. The van der Waals surface area contributed by atoms with Crippen LogP contribution in [0.25, 0.3) is 22.3 Å². The molecule has 0 aliphatic rings. The van der Waals surface area contributed by atoms with E-state index in [-0.39, 0.29) is 0 Å². The zero-order chi connectivity index (χ0) is 19.3. The fourth-order valence-electron chi connectivity index (χ4n) is 3.08. The maximum absolute atomic E-state index is 5.36. The summed E-state index contributed by atoms with van der Waals surface area (Å²) < 4.78 is 10.7. The first-order valence-electron chi connectivity index (χ1n) is 9.05. The molecule has 4 rings (SSSR count). The van der Waals surface area contributed by atoms with Crippen molar-refractivity contribution in [2.75, 3.05) is 19.5 Å². The highest BCUT2D eigenvalue weighted by Crippen LogP contribution is 2.27. The highest BCUT2D eigenvalue weighted by atomic mass is 16.5. The monoisotopic (exact) mass is 371 g/mol. The van der Waals surface area contributed by atoms with Crippen molar-refractivity contribution >= 4 is 16.7 Å². The number of aromatic nitrogens is 2. The van der Waals surface area contributed by atoms with Crippen molar-refractivity contribution < 1.29 is 9.47 Å². The number of benzene rings is 3. The maximum atomic E-state index is 5.36. The zero-order valence-corrected chi connectivity index (χ0v) is 15.8. The van der Waals surface area contributed by atoms with Gasteiger partial charge in [-0.1, -0.05) is 42.5 Å². The first kappa shape index (κ1) is 17.8. The smallest absolute Gasteiger partial charge is 0.162 e. The van der Waals surface area contributed by atoms with Gasteiger partial charge in [0.2, 0.25) is 0 Å². The van der Waals surface area contributed by atoms with E-state index in [1.54, 1.807) is 14.2 Å². The van der Waals surface area contributed by atoms with Gasteiger partial charge in [-0.15, -0.1) is 0 Å². The fourth-order valence-corrected chi connectivity index (χ4v) is 3.08. The van der Waals surface area contributed by atoms with E-state index < -0.39 is 0 Å². The molecule has 0 spiro atoms. The Bertz CT molecular complexity index is 1080. The standard InChI is InChI=1S/C23H21N3O2/c1-27-18-12-16(13-19(14-18)28-2)15-24-23-20-10-6-7-11-21(20)25-22(26-23)17-8-4-3-5-9-17/h3-14H,15H2,1-2H3,(H,24,25,26).